The monoisotopic (exact) mass is 329 g/mol. The lowest BCUT2D eigenvalue weighted by atomic mass is 9.88. The van der Waals surface area contributed by atoms with E-state index in [-0.39, 0.29) is 11.5 Å². The van der Waals surface area contributed by atoms with Crippen LogP contribution in [0.3, 0.4) is 0 Å². The fourth-order valence-corrected chi connectivity index (χ4v) is 2.50. The minimum Gasteiger partial charge on any atom is -0.396 e. The van der Waals surface area contributed by atoms with E-state index in [1.807, 2.05) is 20.8 Å². The molecule has 2 aromatic rings. The van der Waals surface area contributed by atoms with Crippen molar-refractivity contribution >= 4 is 28.9 Å². The normalized spacial score (nSPS) is 13.4. The SMILES string of the molecule is COC(c1noc(-c2cc(Cl)c(N)c(Cl)c2)n1)C(C)(C)C. The molecule has 2 N–H and O–H groups in total. The van der Waals surface area contributed by atoms with E-state index in [9.17, 15) is 0 Å². The highest BCUT2D eigenvalue weighted by atomic mass is 35.5. The maximum absolute atomic E-state index is 6.01. The van der Waals surface area contributed by atoms with Gasteiger partial charge in [-0.1, -0.05) is 49.1 Å². The zero-order chi connectivity index (χ0) is 15.8. The summed E-state index contributed by atoms with van der Waals surface area (Å²) in [6.45, 7) is 6.11. The van der Waals surface area contributed by atoms with Crippen molar-refractivity contribution in [3.63, 3.8) is 0 Å². The van der Waals surface area contributed by atoms with Gasteiger partial charge in [0.15, 0.2) is 0 Å². The lowest BCUT2D eigenvalue weighted by molar-refractivity contribution is 0.00718. The number of benzene rings is 1. The highest BCUT2D eigenvalue weighted by Crippen LogP contribution is 2.36. The molecular weight excluding hydrogens is 313 g/mol. The molecule has 114 valence electrons. The van der Waals surface area contributed by atoms with Crippen molar-refractivity contribution in [1.82, 2.24) is 10.1 Å². The molecule has 0 spiro atoms. The van der Waals surface area contributed by atoms with Gasteiger partial charge in [-0.2, -0.15) is 4.98 Å². The van der Waals surface area contributed by atoms with Gasteiger partial charge in [0, 0.05) is 12.7 Å². The smallest absolute Gasteiger partial charge is 0.258 e. The van der Waals surface area contributed by atoms with Crippen molar-refractivity contribution in [3.8, 4) is 11.5 Å². The zero-order valence-corrected chi connectivity index (χ0v) is 13.8. The molecule has 7 heteroatoms. The summed E-state index contributed by atoms with van der Waals surface area (Å²) in [6.07, 6.45) is -0.283. The fourth-order valence-electron chi connectivity index (χ4n) is 2.01. The van der Waals surface area contributed by atoms with Gasteiger partial charge in [-0.15, -0.1) is 0 Å². The summed E-state index contributed by atoms with van der Waals surface area (Å²) >= 11 is 12.0. The Labute approximate surface area is 133 Å². The number of ether oxygens (including phenoxy) is 1. The Balaban J connectivity index is 2.40. The van der Waals surface area contributed by atoms with Crippen molar-refractivity contribution in [2.75, 3.05) is 12.8 Å². The largest absolute Gasteiger partial charge is 0.396 e. The molecule has 0 amide bonds. The van der Waals surface area contributed by atoms with E-state index in [4.69, 9.17) is 38.2 Å². The van der Waals surface area contributed by atoms with Gasteiger partial charge in [0.25, 0.3) is 5.89 Å². The summed E-state index contributed by atoms with van der Waals surface area (Å²) in [5, 5.41) is 4.67. The van der Waals surface area contributed by atoms with Crippen molar-refractivity contribution in [1.29, 1.82) is 0 Å². The van der Waals surface area contributed by atoms with Crippen molar-refractivity contribution < 1.29 is 9.26 Å². The highest BCUT2D eigenvalue weighted by molar-refractivity contribution is 6.39. The van der Waals surface area contributed by atoms with Crippen LogP contribution in [0, 0.1) is 5.41 Å². The van der Waals surface area contributed by atoms with Gasteiger partial charge in [0.1, 0.15) is 6.10 Å². The topological polar surface area (TPSA) is 74.2 Å². The Morgan fingerprint density at radius 2 is 1.81 bits per heavy atom. The quantitative estimate of drug-likeness (QED) is 0.847. The van der Waals surface area contributed by atoms with Gasteiger partial charge >= 0.3 is 0 Å². The summed E-state index contributed by atoms with van der Waals surface area (Å²) in [6, 6.07) is 3.28. The van der Waals surface area contributed by atoms with Crippen LogP contribution in [0.5, 0.6) is 0 Å². The number of halogens is 2. The lowest BCUT2D eigenvalue weighted by Crippen LogP contribution is -2.21. The van der Waals surface area contributed by atoms with Gasteiger partial charge < -0.3 is 15.0 Å². The number of aromatic nitrogens is 2. The first-order valence-electron chi connectivity index (χ1n) is 6.35. The number of nitrogens with zero attached hydrogens (tertiary/aromatic N) is 2. The van der Waals surface area contributed by atoms with Crippen molar-refractivity contribution in [3.05, 3.63) is 28.0 Å². The van der Waals surface area contributed by atoms with Crippen LogP contribution in [0.1, 0.15) is 32.7 Å². The van der Waals surface area contributed by atoms with Crippen LogP contribution in [0.15, 0.2) is 16.7 Å². The molecule has 0 saturated carbocycles. The summed E-state index contributed by atoms with van der Waals surface area (Å²) < 4.78 is 10.7. The molecule has 1 atom stereocenters. The number of anilines is 1. The number of nitrogens with two attached hydrogens (primary N) is 1. The average molecular weight is 330 g/mol. The molecule has 21 heavy (non-hydrogen) atoms. The zero-order valence-electron chi connectivity index (χ0n) is 12.3. The highest BCUT2D eigenvalue weighted by Gasteiger charge is 2.30. The Kier molecular flexibility index (Phi) is 4.46. The van der Waals surface area contributed by atoms with Crippen LogP contribution in [0.2, 0.25) is 10.0 Å². The molecular formula is C14H17Cl2N3O2. The minimum atomic E-state index is -0.283. The van der Waals surface area contributed by atoms with Crippen LogP contribution in [0.4, 0.5) is 5.69 Å². The fraction of sp³-hybridized carbons (Fsp3) is 0.429. The molecule has 0 aliphatic heterocycles. The molecule has 1 unspecified atom stereocenters. The van der Waals surface area contributed by atoms with Crippen LogP contribution < -0.4 is 5.73 Å². The number of hydrogen-bond acceptors (Lipinski definition) is 5. The van der Waals surface area contributed by atoms with E-state index in [1.165, 1.54) is 0 Å². The van der Waals surface area contributed by atoms with E-state index in [1.54, 1.807) is 19.2 Å². The Bertz CT molecular complexity index is 627. The maximum atomic E-state index is 6.01. The van der Waals surface area contributed by atoms with Crippen LogP contribution >= 0.6 is 23.2 Å². The second-order valence-corrected chi connectivity index (χ2v) is 6.61. The first-order chi connectivity index (χ1) is 9.74. The summed E-state index contributed by atoms with van der Waals surface area (Å²) in [7, 11) is 1.61. The summed E-state index contributed by atoms with van der Waals surface area (Å²) in [5.41, 5.74) is 6.49. The van der Waals surface area contributed by atoms with Gasteiger partial charge in [-0.05, 0) is 17.5 Å². The minimum absolute atomic E-state index is 0.160. The number of hydrogen-bond donors (Lipinski definition) is 1. The maximum Gasteiger partial charge on any atom is 0.258 e. The Hall–Kier alpha value is -1.30. The van der Waals surface area contributed by atoms with Crippen molar-refractivity contribution in [2.45, 2.75) is 26.9 Å². The Morgan fingerprint density at radius 1 is 1.24 bits per heavy atom. The third kappa shape index (κ3) is 3.31. The van der Waals surface area contributed by atoms with E-state index in [0.29, 0.717) is 33.0 Å². The second kappa shape index (κ2) is 5.83. The standard InChI is InChI=1S/C14H17Cl2N3O2/c1-14(2,3)11(20-4)12-18-13(21-19-12)7-5-8(15)10(17)9(16)6-7/h5-6,11H,17H2,1-4H3. The van der Waals surface area contributed by atoms with E-state index in [2.05, 4.69) is 10.1 Å². The molecule has 0 fully saturated rings. The number of nitrogen functional groups attached to an aromatic ring is 1. The second-order valence-electron chi connectivity index (χ2n) is 5.79. The molecule has 0 radical (unpaired) electrons. The molecule has 0 saturated heterocycles. The molecule has 1 heterocycles. The van der Waals surface area contributed by atoms with Crippen LogP contribution in [-0.2, 0) is 4.74 Å². The third-order valence-electron chi connectivity index (χ3n) is 3.02. The van der Waals surface area contributed by atoms with Gasteiger partial charge in [-0.25, -0.2) is 0 Å². The van der Waals surface area contributed by atoms with Crippen LogP contribution in [-0.4, -0.2) is 17.3 Å². The van der Waals surface area contributed by atoms with E-state index >= 15 is 0 Å². The number of rotatable bonds is 3. The van der Waals surface area contributed by atoms with Crippen LogP contribution in [0.25, 0.3) is 11.5 Å². The Morgan fingerprint density at radius 3 is 2.29 bits per heavy atom. The molecule has 2 rings (SSSR count). The van der Waals surface area contributed by atoms with Gasteiger partial charge in [0.05, 0.1) is 15.7 Å². The van der Waals surface area contributed by atoms with E-state index in [0.717, 1.165) is 0 Å². The predicted molar refractivity (Wildman–Crippen MR) is 83.4 cm³/mol. The predicted octanol–water partition coefficient (Wildman–Crippen LogP) is 4.36. The molecule has 1 aromatic carbocycles. The average Bonchev–Trinajstić information content (AvgIpc) is 2.83. The van der Waals surface area contributed by atoms with Gasteiger partial charge in [-0.3, -0.25) is 0 Å². The third-order valence-corrected chi connectivity index (χ3v) is 3.65. The van der Waals surface area contributed by atoms with Gasteiger partial charge in [0.2, 0.25) is 5.82 Å². The molecule has 0 aliphatic rings. The molecule has 5 nitrogen and oxygen atoms in total. The first kappa shape index (κ1) is 16.1. The van der Waals surface area contributed by atoms with E-state index < -0.39 is 0 Å². The number of methoxy groups -OCH3 is 1. The molecule has 1 aromatic heterocycles. The van der Waals surface area contributed by atoms with Crippen molar-refractivity contribution in [2.24, 2.45) is 5.41 Å². The first-order valence-corrected chi connectivity index (χ1v) is 7.11. The summed E-state index contributed by atoms with van der Waals surface area (Å²) in [4.78, 5) is 4.37. The lowest BCUT2D eigenvalue weighted by Gasteiger charge is -2.26. The molecule has 0 bridgehead atoms. The molecule has 0 aliphatic carbocycles. The summed E-state index contributed by atoms with van der Waals surface area (Å²) in [5.74, 6) is 0.796.